The summed E-state index contributed by atoms with van der Waals surface area (Å²) in [5, 5.41) is 2.82. The molecule has 1 saturated heterocycles. The standard InChI is InChI=1S/C36H47N5O8/c1-6-47-34(45)26-16-12-11-15-25(26)28-23-29(38-31(37-28)24-13-9-8-10-14-24)32(43)39-27(17-18-30(42)49-36(3,4)5)33(44)40-19-21-41(22-20-40)35(46)48-7-2/h8-10,13-14,23,27H,6-7,11-12,15-22H2,1-5H3,(H,39,43). The van der Waals surface area contributed by atoms with E-state index in [1.165, 1.54) is 11.0 Å². The van der Waals surface area contributed by atoms with Crippen molar-refractivity contribution in [1.82, 2.24) is 25.1 Å². The van der Waals surface area contributed by atoms with Crippen LogP contribution in [0, 0.1) is 0 Å². The van der Waals surface area contributed by atoms with E-state index in [0.29, 0.717) is 35.2 Å². The number of benzene rings is 1. The highest BCUT2D eigenvalue weighted by Gasteiger charge is 2.32. The van der Waals surface area contributed by atoms with Gasteiger partial charge in [-0.25, -0.2) is 19.6 Å². The summed E-state index contributed by atoms with van der Waals surface area (Å²) >= 11 is 0. The van der Waals surface area contributed by atoms with Crippen LogP contribution in [-0.2, 0) is 28.6 Å². The lowest BCUT2D eigenvalue weighted by atomic mass is 9.89. The van der Waals surface area contributed by atoms with Crippen LogP contribution >= 0.6 is 0 Å². The van der Waals surface area contributed by atoms with Crippen molar-refractivity contribution in [3.63, 3.8) is 0 Å². The van der Waals surface area contributed by atoms with Gasteiger partial charge in [0.05, 0.1) is 18.9 Å². The molecule has 0 bridgehead atoms. The Morgan fingerprint density at radius 1 is 0.878 bits per heavy atom. The van der Waals surface area contributed by atoms with Gasteiger partial charge in [-0.05, 0) is 78.4 Å². The highest BCUT2D eigenvalue weighted by Crippen LogP contribution is 2.33. The fourth-order valence-electron chi connectivity index (χ4n) is 5.75. The molecule has 49 heavy (non-hydrogen) atoms. The summed E-state index contributed by atoms with van der Waals surface area (Å²) in [6, 6.07) is 9.63. The normalized spacial score (nSPS) is 15.7. The SMILES string of the molecule is CCOC(=O)C1=C(c2cc(C(=O)NC(CCC(=O)OC(C)(C)C)C(=O)N3CCN(C(=O)OCC)CC3)nc(-c3ccccc3)n2)CCCC1. The third-order valence-electron chi connectivity index (χ3n) is 8.07. The second-order valence-corrected chi connectivity index (χ2v) is 12.9. The minimum atomic E-state index is -1.09. The van der Waals surface area contributed by atoms with E-state index in [2.05, 4.69) is 10.3 Å². The van der Waals surface area contributed by atoms with Crippen molar-refractivity contribution in [2.45, 2.75) is 84.8 Å². The molecular weight excluding hydrogens is 630 g/mol. The fourth-order valence-corrected chi connectivity index (χ4v) is 5.75. The van der Waals surface area contributed by atoms with Gasteiger partial charge in [0.25, 0.3) is 5.91 Å². The van der Waals surface area contributed by atoms with Crippen LogP contribution in [0.25, 0.3) is 17.0 Å². The Morgan fingerprint density at radius 2 is 1.53 bits per heavy atom. The van der Waals surface area contributed by atoms with E-state index in [-0.39, 0.29) is 63.8 Å². The zero-order valence-corrected chi connectivity index (χ0v) is 29.1. The number of carbonyl (C=O) groups is 5. The molecule has 1 N–H and O–H groups in total. The smallest absolute Gasteiger partial charge is 0.409 e. The van der Waals surface area contributed by atoms with E-state index in [4.69, 9.17) is 19.2 Å². The van der Waals surface area contributed by atoms with Crippen LogP contribution < -0.4 is 5.32 Å². The average Bonchev–Trinajstić information content (AvgIpc) is 3.09. The van der Waals surface area contributed by atoms with Crippen molar-refractivity contribution < 1.29 is 38.2 Å². The minimum absolute atomic E-state index is 0.00679. The second-order valence-electron chi connectivity index (χ2n) is 12.9. The summed E-state index contributed by atoms with van der Waals surface area (Å²) in [5.41, 5.74) is 1.63. The van der Waals surface area contributed by atoms with Crippen molar-refractivity contribution >= 4 is 35.4 Å². The summed E-state index contributed by atoms with van der Waals surface area (Å²) in [4.78, 5) is 78.1. The number of rotatable bonds is 11. The van der Waals surface area contributed by atoms with Gasteiger partial charge in [-0.15, -0.1) is 0 Å². The molecule has 0 radical (unpaired) electrons. The van der Waals surface area contributed by atoms with E-state index < -0.39 is 41.5 Å². The van der Waals surface area contributed by atoms with Crippen molar-refractivity contribution in [2.75, 3.05) is 39.4 Å². The predicted molar refractivity (Wildman–Crippen MR) is 181 cm³/mol. The molecule has 0 saturated carbocycles. The van der Waals surface area contributed by atoms with Crippen LogP contribution in [0.4, 0.5) is 4.79 Å². The van der Waals surface area contributed by atoms with Crippen LogP contribution in [0.3, 0.4) is 0 Å². The zero-order chi connectivity index (χ0) is 35.6. The molecule has 1 aromatic heterocycles. The first kappa shape index (κ1) is 37.0. The van der Waals surface area contributed by atoms with Gasteiger partial charge in [0.1, 0.15) is 17.3 Å². The Kier molecular flexibility index (Phi) is 12.9. The summed E-state index contributed by atoms with van der Waals surface area (Å²) in [6.45, 7) is 10.2. The number of hydrogen-bond acceptors (Lipinski definition) is 10. The maximum Gasteiger partial charge on any atom is 0.409 e. The summed E-state index contributed by atoms with van der Waals surface area (Å²) in [5.74, 6) is -1.64. The molecule has 13 nitrogen and oxygen atoms in total. The molecule has 4 rings (SSSR count). The van der Waals surface area contributed by atoms with Crippen molar-refractivity contribution in [3.8, 4) is 11.4 Å². The van der Waals surface area contributed by atoms with Crippen LogP contribution in [0.2, 0.25) is 0 Å². The van der Waals surface area contributed by atoms with Gasteiger partial charge in [0.2, 0.25) is 5.91 Å². The Morgan fingerprint density at radius 3 is 2.18 bits per heavy atom. The molecule has 13 heteroatoms. The van der Waals surface area contributed by atoms with Crippen molar-refractivity contribution in [2.24, 2.45) is 0 Å². The number of aromatic nitrogens is 2. The monoisotopic (exact) mass is 677 g/mol. The van der Waals surface area contributed by atoms with Crippen LogP contribution in [0.5, 0.6) is 0 Å². The maximum absolute atomic E-state index is 14.0. The van der Waals surface area contributed by atoms with Crippen LogP contribution in [0.15, 0.2) is 42.0 Å². The van der Waals surface area contributed by atoms with Crippen LogP contribution in [0.1, 0.15) is 89.3 Å². The van der Waals surface area contributed by atoms with E-state index in [9.17, 15) is 24.0 Å². The topological polar surface area (TPSA) is 157 Å². The number of piperazine rings is 1. The van der Waals surface area contributed by atoms with Gasteiger partial charge < -0.3 is 29.3 Å². The molecular formula is C36H47N5O8. The Hall–Kier alpha value is -4.81. The Balaban J connectivity index is 1.65. The number of nitrogens with zero attached hydrogens (tertiary/aromatic N) is 4. The lowest BCUT2D eigenvalue weighted by molar-refractivity contribution is -0.155. The molecule has 2 aromatic rings. The van der Waals surface area contributed by atoms with Gasteiger partial charge in [-0.1, -0.05) is 30.3 Å². The molecule has 264 valence electrons. The van der Waals surface area contributed by atoms with Gasteiger partial charge in [-0.2, -0.15) is 0 Å². The van der Waals surface area contributed by atoms with Crippen LogP contribution in [-0.4, -0.2) is 101 Å². The number of amides is 3. The van der Waals surface area contributed by atoms with E-state index in [1.54, 1.807) is 39.5 Å². The first-order chi connectivity index (χ1) is 23.4. The first-order valence-electron chi connectivity index (χ1n) is 17.0. The van der Waals surface area contributed by atoms with Gasteiger partial charge in [0.15, 0.2) is 5.82 Å². The second kappa shape index (κ2) is 17.0. The van der Waals surface area contributed by atoms with Gasteiger partial charge in [-0.3, -0.25) is 14.4 Å². The third-order valence-corrected chi connectivity index (χ3v) is 8.07. The van der Waals surface area contributed by atoms with E-state index in [1.807, 2.05) is 30.3 Å². The average molecular weight is 678 g/mol. The molecule has 2 aliphatic rings. The number of allylic oxidation sites excluding steroid dienone is 1. The Labute approximate surface area is 287 Å². The van der Waals surface area contributed by atoms with Crippen molar-refractivity contribution in [1.29, 1.82) is 0 Å². The van der Waals surface area contributed by atoms with E-state index in [0.717, 1.165) is 12.8 Å². The number of ether oxygens (including phenoxy) is 3. The highest BCUT2D eigenvalue weighted by molar-refractivity contribution is 6.00. The van der Waals surface area contributed by atoms with E-state index >= 15 is 0 Å². The Bertz CT molecular complexity index is 1540. The summed E-state index contributed by atoms with van der Waals surface area (Å²) in [6.07, 6.45) is 2.21. The maximum atomic E-state index is 14.0. The molecule has 1 aliphatic heterocycles. The zero-order valence-electron chi connectivity index (χ0n) is 29.1. The first-order valence-corrected chi connectivity index (χ1v) is 17.0. The molecule has 1 aliphatic carbocycles. The quantitative estimate of drug-likeness (QED) is 0.264. The lowest BCUT2D eigenvalue weighted by Gasteiger charge is -2.36. The molecule has 1 unspecified atom stereocenters. The number of hydrogen-bond donors (Lipinski definition) is 1. The highest BCUT2D eigenvalue weighted by atomic mass is 16.6. The summed E-state index contributed by atoms with van der Waals surface area (Å²) in [7, 11) is 0. The molecule has 2 heterocycles. The molecule has 1 aromatic carbocycles. The predicted octanol–water partition coefficient (Wildman–Crippen LogP) is 4.56. The molecule has 1 atom stereocenters. The largest absolute Gasteiger partial charge is 0.463 e. The number of esters is 2. The number of carbonyl (C=O) groups excluding carboxylic acids is 5. The van der Waals surface area contributed by atoms with Gasteiger partial charge in [0, 0.05) is 43.7 Å². The van der Waals surface area contributed by atoms with Crippen molar-refractivity contribution in [3.05, 3.63) is 53.4 Å². The van der Waals surface area contributed by atoms with Gasteiger partial charge >= 0.3 is 18.0 Å². The fraction of sp³-hybridized carbons (Fsp3) is 0.528. The molecule has 1 fully saturated rings. The molecule has 0 spiro atoms. The minimum Gasteiger partial charge on any atom is -0.463 e. The molecule has 3 amide bonds. The number of nitrogens with one attached hydrogen (secondary N) is 1. The third kappa shape index (κ3) is 10.3. The summed E-state index contributed by atoms with van der Waals surface area (Å²) < 4.78 is 15.9. The lowest BCUT2D eigenvalue weighted by Crippen LogP contribution is -2.56.